The lowest BCUT2D eigenvalue weighted by Gasteiger charge is -2.35. The van der Waals surface area contributed by atoms with Gasteiger partial charge in [-0.15, -0.1) is 32.9 Å². The quantitative estimate of drug-likeness (QED) is 0.0547. The van der Waals surface area contributed by atoms with Gasteiger partial charge in [0.2, 0.25) is 11.5 Å². The first-order chi connectivity index (χ1) is 30.2. The summed E-state index contributed by atoms with van der Waals surface area (Å²) in [6.07, 6.45) is 10.5. The second-order valence-electron chi connectivity index (χ2n) is 15.0. The topological polar surface area (TPSA) is 107 Å². The minimum absolute atomic E-state index is 0.0184. The SMILES string of the molecule is C=CCc1ccc(Oc2cc(C3Oc4cc(CC=C)cc(Oc5ccc(CC=C)cc5)c4OC3COc3ccc(CC=C)cc3-c3cc(CC=C)ccc3O)cc(O)c2O)cc1. The molecule has 2 unspecified atom stereocenters. The smallest absolute Gasteiger partial charge is 0.204 e. The van der Waals surface area contributed by atoms with Gasteiger partial charge in [-0.2, -0.15) is 0 Å². The van der Waals surface area contributed by atoms with Gasteiger partial charge in [0.25, 0.3) is 0 Å². The molecule has 8 nitrogen and oxygen atoms in total. The molecule has 0 bridgehead atoms. The highest BCUT2D eigenvalue weighted by molar-refractivity contribution is 5.77. The molecule has 0 saturated heterocycles. The van der Waals surface area contributed by atoms with E-state index in [0.29, 0.717) is 76.9 Å². The summed E-state index contributed by atoms with van der Waals surface area (Å²) in [6, 6.07) is 33.2. The zero-order valence-corrected chi connectivity index (χ0v) is 34.6. The summed E-state index contributed by atoms with van der Waals surface area (Å²) >= 11 is 0. The lowest BCUT2D eigenvalue weighted by Crippen LogP contribution is -2.38. The fourth-order valence-corrected chi connectivity index (χ4v) is 7.33. The molecule has 314 valence electrons. The average molecular weight is 827 g/mol. The zero-order chi connectivity index (χ0) is 43.6. The van der Waals surface area contributed by atoms with Gasteiger partial charge in [0, 0.05) is 16.7 Å². The highest BCUT2D eigenvalue weighted by atomic mass is 16.6. The number of aromatic hydroxyl groups is 3. The molecule has 8 heteroatoms. The number of phenols is 3. The van der Waals surface area contributed by atoms with Gasteiger partial charge in [0.15, 0.2) is 35.2 Å². The molecule has 7 rings (SSSR count). The van der Waals surface area contributed by atoms with Crippen LogP contribution in [0.5, 0.6) is 57.5 Å². The van der Waals surface area contributed by atoms with Crippen LogP contribution in [0.2, 0.25) is 0 Å². The van der Waals surface area contributed by atoms with Crippen molar-refractivity contribution < 1.29 is 39.0 Å². The molecule has 0 spiro atoms. The maximum atomic E-state index is 11.2. The van der Waals surface area contributed by atoms with Crippen LogP contribution in [0.3, 0.4) is 0 Å². The monoisotopic (exact) mass is 826 g/mol. The standard InChI is InChI=1S/C54H50O8/c1-6-11-35-16-22-41(23-17-35)59-48-33-40(32-46(56)52(48)57)53-51(34-58-47-27-21-38(14-9-4)29-44(47)43-28-37(13-8-3)20-26-45(43)55)62-54-49(30-39(15-10-5)31-50(54)61-53)60-42-24-18-36(12-7-2)19-25-42/h6-10,16-33,51,53,55-57H,1-5,11-15,34H2. The van der Waals surface area contributed by atoms with Crippen molar-refractivity contribution in [2.75, 3.05) is 6.61 Å². The van der Waals surface area contributed by atoms with Gasteiger partial charge >= 0.3 is 0 Å². The molecule has 3 N–H and O–H groups in total. The molecule has 2 atom stereocenters. The largest absolute Gasteiger partial charge is 0.507 e. The molecule has 0 aromatic heterocycles. The first-order valence-corrected chi connectivity index (χ1v) is 20.4. The third-order valence-corrected chi connectivity index (χ3v) is 10.3. The molecule has 0 aliphatic carbocycles. The number of hydrogen-bond acceptors (Lipinski definition) is 8. The van der Waals surface area contributed by atoms with Crippen molar-refractivity contribution in [3.05, 3.63) is 206 Å². The number of allylic oxidation sites excluding steroid dienone is 5. The van der Waals surface area contributed by atoms with Gasteiger partial charge in [-0.3, -0.25) is 0 Å². The van der Waals surface area contributed by atoms with Crippen LogP contribution in [-0.2, 0) is 32.1 Å². The summed E-state index contributed by atoms with van der Waals surface area (Å²) in [7, 11) is 0. The molecule has 0 saturated carbocycles. The van der Waals surface area contributed by atoms with E-state index in [1.807, 2.05) is 103 Å². The van der Waals surface area contributed by atoms with Crippen LogP contribution < -0.4 is 23.7 Å². The molecular weight excluding hydrogens is 777 g/mol. The Bertz CT molecular complexity index is 2590. The van der Waals surface area contributed by atoms with E-state index in [1.165, 1.54) is 6.07 Å². The third-order valence-electron chi connectivity index (χ3n) is 10.3. The molecule has 1 aliphatic rings. The third kappa shape index (κ3) is 9.88. The van der Waals surface area contributed by atoms with Crippen LogP contribution in [0.25, 0.3) is 11.1 Å². The summed E-state index contributed by atoms with van der Waals surface area (Å²) in [5, 5.41) is 33.3. The van der Waals surface area contributed by atoms with E-state index >= 15 is 0 Å². The van der Waals surface area contributed by atoms with E-state index < -0.39 is 23.7 Å². The van der Waals surface area contributed by atoms with Gasteiger partial charge < -0.3 is 39.0 Å². The second-order valence-corrected chi connectivity index (χ2v) is 15.0. The Kier molecular flexibility index (Phi) is 13.5. The van der Waals surface area contributed by atoms with Gasteiger partial charge in [0.05, 0.1) is 0 Å². The molecule has 6 aromatic carbocycles. The number of benzene rings is 6. The van der Waals surface area contributed by atoms with E-state index in [2.05, 4.69) is 32.9 Å². The average Bonchev–Trinajstić information content (AvgIpc) is 3.27. The van der Waals surface area contributed by atoms with E-state index in [9.17, 15) is 15.3 Å². The Balaban J connectivity index is 1.30. The van der Waals surface area contributed by atoms with Crippen molar-refractivity contribution in [2.24, 2.45) is 0 Å². The number of fused-ring (bicyclic) bond motifs is 1. The molecule has 1 aliphatic heterocycles. The van der Waals surface area contributed by atoms with Gasteiger partial charge in [-0.05, 0) is 133 Å². The van der Waals surface area contributed by atoms with E-state index in [0.717, 1.165) is 34.2 Å². The second kappa shape index (κ2) is 19.7. The number of rotatable bonds is 19. The summed E-state index contributed by atoms with van der Waals surface area (Å²) in [6.45, 7) is 19.3. The number of hydrogen-bond donors (Lipinski definition) is 3. The van der Waals surface area contributed by atoms with Crippen LogP contribution in [0, 0.1) is 0 Å². The van der Waals surface area contributed by atoms with Gasteiger partial charge in [-0.1, -0.05) is 66.8 Å². The Morgan fingerprint density at radius 3 is 1.63 bits per heavy atom. The number of phenolic OH excluding ortho intramolecular Hbond substituents is 3. The van der Waals surface area contributed by atoms with Gasteiger partial charge in [0.1, 0.15) is 29.6 Å². The normalized spacial score (nSPS) is 14.0. The summed E-state index contributed by atoms with van der Waals surface area (Å²) in [5.74, 6) is 2.00. The molecule has 6 aromatic rings. The maximum absolute atomic E-state index is 11.2. The fraction of sp³-hybridized carbons (Fsp3) is 0.148. The van der Waals surface area contributed by atoms with Gasteiger partial charge in [-0.25, -0.2) is 0 Å². The molecule has 1 heterocycles. The molecule has 0 amide bonds. The lowest BCUT2D eigenvalue weighted by atomic mass is 9.97. The highest BCUT2D eigenvalue weighted by Crippen LogP contribution is 2.50. The van der Waals surface area contributed by atoms with Crippen molar-refractivity contribution in [2.45, 2.75) is 44.3 Å². The van der Waals surface area contributed by atoms with Crippen molar-refractivity contribution in [3.63, 3.8) is 0 Å². The maximum Gasteiger partial charge on any atom is 0.204 e. The lowest BCUT2D eigenvalue weighted by molar-refractivity contribution is -0.00806. The predicted octanol–water partition coefficient (Wildman–Crippen LogP) is 12.7. The Morgan fingerprint density at radius 1 is 0.484 bits per heavy atom. The van der Waals surface area contributed by atoms with Crippen LogP contribution >= 0.6 is 0 Å². The van der Waals surface area contributed by atoms with Crippen LogP contribution in [0.4, 0.5) is 0 Å². The summed E-state index contributed by atoms with van der Waals surface area (Å²) in [5.41, 5.74) is 6.69. The van der Waals surface area contributed by atoms with Crippen molar-refractivity contribution in [1.82, 2.24) is 0 Å². The van der Waals surface area contributed by atoms with E-state index in [-0.39, 0.29) is 18.1 Å². The van der Waals surface area contributed by atoms with Crippen molar-refractivity contribution in [3.8, 4) is 68.6 Å². The number of ether oxygens (including phenoxy) is 5. The van der Waals surface area contributed by atoms with E-state index in [1.54, 1.807) is 30.3 Å². The Labute approximate surface area is 363 Å². The molecule has 62 heavy (non-hydrogen) atoms. The van der Waals surface area contributed by atoms with E-state index in [4.69, 9.17) is 23.7 Å². The first kappa shape index (κ1) is 42.5. The summed E-state index contributed by atoms with van der Waals surface area (Å²) in [4.78, 5) is 0. The zero-order valence-electron chi connectivity index (χ0n) is 34.6. The minimum Gasteiger partial charge on any atom is -0.507 e. The molecular formula is C54H50O8. The molecule has 0 radical (unpaired) electrons. The Hall–Kier alpha value is -7.58. The van der Waals surface area contributed by atoms with Crippen LogP contribution in [0.1, 0.15) is 39.5 Å². The first-order valence-electron chi connectivity index (χ1n) is 20.4. The van der Waals surface area contributed by atoms with Crippen molar-refractivity contribution >= 4 is 0 Å². The van der Waals surface area contributed by atoms with Crippen LogP contribution in [-0.4, -0.2) is 28.0 Å². The van der Waals surface area contributed by atoms with Crippen molar-refractivity contribution in [1.29, 1.82) is 0 Å². The summed E-state index contributed by atoms with van der Waals surface area (Å²) < 4.78 is 33.1. The fourth-order valence-electron chi connectivity index (χ4n) is 7.33. The predicted molar refractivity (Wildman–Crippen MR) is 246 cm³/mol. The Morgan fingerprint density at radius 2 is 1.02 bits per heavy atom. The highest BCUT2D eigenvalue weighted by Gasteiger charge is 2.37. The molecule has 0 fully saturated rings. The van der Waals surface area contributed by atoms with Crippen LogP contribution in [0.15, 0.2) is 172 Å². The minimum atomic E-state index is -0.899.